The Morgan fingerprint density at radius 1 is 1.04 bits per heavy atom. The normalized spacial score (nSPS) is 15.6. The molecule has 0 aliphatic heterocycles. The van der Waals surface area contributed by atoms with Crippen molar-refractivity contribution in [3.63, 3.8) is 0 Å². The fourth-order valence-corrected chi connectivity index (χ4v) is 3.11. The van der Waals surface area contributed by atoms with Crippen LogP contribution in [0.4, 0.5) is 0 Å². The highest BCUT2D eigenvalue weighted by Crippen LogP contribution is 2.20. The first-order valence-electron chi connectivity index (χ1n) is 9.44. The SMILES string of the molecule is CCCCCCCCCC(O)CC(=O)C(O)(CC(=O)[O-])C[N+](C)(C)C. The Labute approximate surface area is 152 Å². The van der Waals surface area contributed by atoms with Crippen molar-refractivity contribution in [3.8, 4) is 0 Å². The molecule has 2 unspecified atom stereocenters. The minimum absolute atomic E-state index is 0.0377. The van der Waals surface area contributed by atoms with Gasteiger partial charge in [0.15, 0.2) is 11.4 Å². The largest absolute Gasteiger partial charge is 0.550 e. The average molecular weight is 360 g/mol. The summed E-state index contributed by atoms with van der Waals surface area (Å²) >= 11 is 0. The standard InChI is InChI=1S/C19H37NO5/c1-5-6-7-8-9-10-11-12-16(21)13-17(22)19(25,14-18(23)24)15-20(2,3)4/h16,21,25H,5-15H2,1-4H3. The number of aliphatic hydroxyl groups excluding tert-OH is 1. The van der Waals surface area contributed by atoms with Crippen molar-refractivity contribution in [3.05, 3.63) is 0 Å². The van der Waals surface area contributed by atoms with Crippen molar-refractivity contribution < 1.29 is 29.4 Å². The average Bonchev–Trinajstić information content (AvgIpc) is 2.43. The van der Waals surface area contributed by atoms with Crippen LogP contribution < -0.4 is 5.11 Å². The van der Waals surface area contributed by atoms with Crippen molar-refractivity contribution in [2.45, 2.75) is 82.8 Å². The predicted molar refractivity (Wildman–Crippen MR) is 95.7 cm³/mol. The maximum atomic E-state index is 12.4. The molecular weight excluding hydrogens is 322 g/mol. The van der Waals surface area contributed by atoms with Gasteiger partial charge in [0.2, 0.25) is 0 Å². The zero-order valence-corrected chi connectivity index (χ0v) is 16.4. The molecule has 0 aromatic rings. The molecule has 0 saturated carbocycles. The summed E-state index contributed by atoms with van der Waals surface area (Å²) in [5, 5.41) is 31.5. The van der Waals surface area contributed by atoms with Gasteiger partial charge in [0.05, 0.1) is 27.2 Å². The minimum atomic E-state index is -2.00. The third kappa shape index (κ3) is 12.1. The first kappa shape index (κ1) is 24.0. The molecule has 0 radical (unpaired) electrons. The number of carboxylic acid groups (broad SMARTS) is 1. The Balaban J connectivity index is 4.37. The molecule has 0 heterocycles. The molecule has 0 amide bonds. The first-order valence-corrected chi connectivity index (χ1v) is 9.44. The van der Waals surface area contributed by atoms with Gasteiger partial charge in [-0.15, -0.1) is 0 Å². The lowest BCUT2D eigenvalue weighted by Crippen LogP contribution is -2.56. The van der Waals surface area contributed by atoms with Gasteiger partial charge in [-0.1, -0.05) is 51.9 Å². The van der Waals surface area contributed by atoms with Crippen molar-refractivity contribution >= 4 is 11.8 Å². The van der Waals surface area contributed by atoms with Gasteiger partial charge < -0.3 is 24.6 Å². The Morgan fingerprint density at radius 2 is 1.56 bits per heavy atom. The van der Waals surface area contributed by atoms with Crippen LogP contribution in [-0.2, 0) is 9.59 Å². The number of carbonyl (C=O) groups excluding carboxylic acids is 2. The first-order chi connectivity index (χ1) is 11.5. The molecule has 0 aliphatic carbocycles. The Kier molecular flexibility index (Phi) is 11.1. The summed E-state index contributed by atoms with van der Waals surface area (Å²) in [5.74, 6) is -2.09. The van der Waals surface area contributed by atoms with Crippen molar-refractivity contribution in [1.82, 2.24) is 0 Å². The van der Waals surface area contributed by atoms with E-state index in [0.717, 1.165) is 19.3 Å². The third-order valence-electron chi connectivity index (χ3n) is 4.25. The monoisotopic (exact) mass is 359 g/mol. The number of hydrogen-bond acceptors (Lipinski definition) is 5. The number of aliphatic carboxylic acids is 1. The van der Waals surface area contributed by atoms with E-state index in [-0.39, 0.29) is 17.4 Å². The van der Waals surface area contributed by atoms with Gasteiger partial charge in [0, 0.05) is 18.8 Å². The van der Waals surface area contributed by atoms with E-state index in [9.17, 15) is 24.9 Å². The third-order valence-corrected chi connectivity index (χ3v) is 4.25. The second-order valence-corrected chi connectivity index (χ2v) is 8.22. The van der Waals surface area contributed by atoms with Gasteiger partial charge in [0.25, 0.3) is 0 Å². The number of rotatable bonds is 15. The Morgan fingerprint density at radius 3 is 2.04 bits per heavy atom. The highest BCUT2D eigenvalue weighted by molar-refractivity contribution is 5.91. The van der Waals surface area contributed by atoms with Crippen LogP contribution in [0.3, 0.4) is 0 Å². The second-order valence-electron chi connectivity index (χ2n) is 8.22. The number of hydrogen-bond donors (Lipinski definition) is 2. The fraction of sp³-hybridized carbons (Fsp3) is 0.895. The number of ketones is 1. The summed E-state index contributed by atoms with van der Waals surface area (Å²) in [7, 11) is 5.30. The minimum Gasteiger partial charge on any atom is -0.550 e. The van der Waals surface area contributed by atoms with E-state index in [1.165, 1.54) is 25.7 Å². The quantitative estimate of drug-likeness (QED) is 0.336. The lowest BCUT2D eigenvalue weighted by molar-refractivity contribution is -0.875. The predicted octanol–water partition coefficient (Wildman–Crippen LogP) is 1.02. The topological polar surface area (TPSA) is 97.7 Å². The van der Waals surface area contributed by atoms with Gasteiger partial charge in [0.1, 0.15) is 6.54 Å². The maximum Gasteiger partial charge on any atom is 0.177 e. The van der Waals surface area contributed by atoms with E-state index in [4.69, 9.17) is 0 Å². The zero-order chi connectivity index (χ0) is 19.5. The van der Waals surface area contributed by atoms with Crippen molar-refractivity contribution in [2.24, 2.45) is 0 Å². The van der Waals surface area contributed by atoms with Crippen molar-refractivity contribution in [2.75, 3.05) is 27.7 Å². The van der Waals surface area contributed by atoms with Crippen LogP contribution in [-0.4, -0.2) is 65.8 Å². The summed E-state index contributed by atoms with van der Waals surface area (Å²) in [6.45, 7) is 2.14. The molecule has 0 fully saturated rings. The lowest BCUT2D eigenvalue weighted by Gasteiger charge is -2.35. The highest BCUT2D eigenvalue weighted by atomic mass is 16.4. The van der Waals surface area contributed by atoms with Crippen molar-refractivity contribution in [1.29, 1.82) is 0 Å². The molecule has 0 saturated heterocycles. The van der Waals surface area contributed by atoms with E-state index in [2.05, 4.69) is 6.92 Å². The molecular formula is C19H37NO5. The number of quaternary nitrogens is 1. The summed E-state index contributed by atoms with van der Waals surface area (Å²) in [6.07, 6.45) is 6.53. The molecule has 0 rings (SSSR count). The van der Waals surface area contributed by atoms with E-state index >= 15 is 0 Å². The van der Waals surface area contributed by atoms with Crippen LogP contribution in [0.5, 0.6) is 0 Å². The second kappa shape index (κ2) is 11.6. The molecule has 6 heteroatoms. The van der Waals surface area contributed by atoms with Gasteiger partial charge in [-0.25, -0.2) is 0 Å². The van der Waals surface area contributed by atoms with Gasteiger partial charge >= 0.3 is 0 Å². The number of unbranched alkanes of at least 4 members (excludes halogenated alkanes) is 6. The number of likely N-dealkylation sites (N-methyl/N-ethyl adjacent to an activating group) is 1. The Bertz CT molecular complexity index is 405. The summed E-state index contributed by atoms with van der Waals surface area (Å²) in [4.78, 5) is 23.3. The van der Waals surface area contributed by atoms with Gasteiger partial charge in [-0.2, -0.15) is 0 Å². The lowest BCUT2D eigenvalue weighted by atomic mass is 9.88. The van der Waals surface area contributed by atoms with E-state index < -0.39 is 29.9 Å². The molecule has 2 atom stereocenters. The number of Topliss-reactive ketones (excluding diaryl/α,β-unsaturated/α-hetero) is 1. The molecule has 148 valence electrons. The van der Waals surface area contributed by atoms with Crippen LogP contribution in [0.15, 0.2) is 0 Å². The number of nitrogens with zero attached hydrogens (tertiary/aromatic N) is 1. The number of carbonyl (C=O) groups is 2. The van der Waals surface area contributed by atoms with E-state index in [1.807, 2.05) is 0 Å². The van der Waals surface area contributed by atoms with Crippen LogP contribution in [0, 0.1) is 0 Å². The molecule has 0 aliphatic rings. The maximum absolute atomic E-state index is 12.4. The van der Waals surface area contributed by atoms with E-state index in [0.29, 0.717) is 6.42 Å². The molecule has 0 aromatic carbocycles. The van der Waals surface area contributed by atoms with Crippen LogP contribution in [0.2, 0.25) is 0 Å². The molecule has 2 N–H and O–H groups in total. The molecule has 6 nitrogen and oxygen atoms in total. The molecule has 0 spiro atoms. The molecule has 0 bridgehead atoms. The Hall–Kier alpha value is -0.980. The fourth-order valence-electron chi connectivity index (χ4n) is 3.11. The van der Waals surface area contributed by atoms with Gasteiger partial charge in [-0.05, 0) is 6.42 Å². The van der Waals surface area contributed by atoms with Crippen LogP contribution in [0.1, 0.15) is 71.1 Å². The number of carboxylic acids is 1. The summed E-state index contributed by atoms with van der Waals surface area (Å²) < 4.78 is 0.239. The molecule has 25 heavy (non-hydrogen) atoms. The summed E-state index contributed by atoms with van der Waals surface area (Å²) in [5.41, 5.74) is -2.00. The van der Waals surface area contributed by atoms with Gasteiger partial charge in [-0.3, -0.25) is 4.79 Å². The van der Waals surface area contributed by atoms with Crippen LogP contribution in [0.25, 0.3) is 0 Å². The van der Waals surface area contributed by atoms with E-state index in [1.54, 1.807) is 21.1 Å². The molecule has 0 aromatic heterocycles. The zero-order valence-electron chi connectivity index (χ0n) is 16.4. The number of aliphatic hydroxyl groups is 2. The summed E-state index contributed by atoms with van der Waals surface area (Å²) in [6, 6.07) is 0. The highest BCUT2D eigenvalue weighted by Gasteiger charge is 2.41. The smallest absolute Gasteiger partial charge is 0.177 e. The van der Waals surface area contributed by atoms with Crippen LogP contribution >= 0.6 is 0 Å².